The van der Waals surface area contributed by atoms with Crippen molar-refractivity contribution >= 4 is 39.6 Å². The van der Waals surface area contributed by atoms with E-state index in [-0.39, 0.29) is 17.9 Å². The molecule has 0 aliphatic carbocycles. The van der Waals surface area contributed by atoms with Crippen LogP contribution in [0.5, 0.6) is 0 Å². The zero-order valence-electron chi connectivity index (χ0n) is 13.7. The van der Waals surface area contributed by atoms with Crippen molar-refractivity contribution in [2.75, 3.05) is 0 Å². The van der Waals surface area contributed by atoms with Crippen molar-refractivity contribution in [2.24, 2.45) is 0 Å². The van der Waals surface area contributed by atoms with Crippen LogP contribution in [0.1, 0.15) is 16.7 Å². The van der Waals surface area contributed by atoms with Gasteiger partial charge in [0.25, 0.3) is 11.6 Å². The van der Waals surface area contributed by atoms with E-state index in [4.69, 9.17) is 0 Å². The molecule has 1 heterocycles. The second kappa shape index (κ2) is 7.09. The summed E-state index contributed by atoms with van der Waals surface area (Å²) in [4.78, 5) is 36.3. The van der Waals surface area contributed by atoms with Gasteiger partial charge < -0.3 is 5.32 Å². The predicted molar refractivity (Wildman–Crippen MR) is 99.0 cm³/mol. The molecule has 26 heavy (non-hydrogen) atoms. The molecule has 0 atom stereocenters. The number of aryl methyl sites for hydroxylation is 1. The van der Waals surface area contributed by atoms with Crippen LogP contribution in [0.4, 0.5) is 10.5 Å². The maximum atomic E-state index is 12.5. The van der Waals surface area contributed by atoms with E-state index < -0.39 is 16.9 Å². The number of nitro groups is 1. The van der Waals surface area contributed by atoms with Crippen molar-refractivity contribution in [1.29, 1.82) is 0 Å². The summed E-state index contributed by atoms with van der Waals surface area (Å²) in [7, 11) is 0. The number of nitro benzene ring substituents is 1. The maximum Gasteiger partial charge on any atom is 0.329 e. The second-order valence-electron chi connectivity index (χ2n) is 5.81. The Balaban J connectivity index is 1.84. The molecule has 1 aliphatic heterocycles. The highest BCUT2D eigenvalue weighted by molar-refractivity contribution is 9.10. The lowest BCUT2D eigenvalue weighted by Crippen LogP contribution is -2.30. The van der Waals surface area contributed by atoms with E-state index in [2.05, 4.69) is 21.2 Å². The lowest BCUT2D eigenvalue weighted by atomic mass is 10.1. The van der Waals surface area contributed by atoms with Gasteiger partial charge in [-0.05, 0) is 36.3 Å². The molecule has 8 heteroatoms. The van der Waals surface area contributed by atoms with Gasteiger partial charge in [-0.15, -0.1) is 0 Å². The molecule has 2 aromatic carbocycles. The first-order valence-corrected chi connectivity index (χ1v) is 8.48. The van der Waals surface area contributed by atoms with Crippen molar-refractivity contribution in [3.63, 3.8) is 0 Å². The number of carbonyl (C=O) groups excluding carboxylic acids is 2. The monoisotopic (exact) mass is 415 g/mol. The highest BCUT2D eigenvalue weighted by atomic mass is 79.9. The number of imide groups is 1. The van der Waals surface area contributed by atoms with Gasteiger partial charge in [0.05, 0.1) is 11.5 Å². The molecule has 0 spiro atoms. The van der Waals surface area contributed by atoms with Crippen LogP contribution in [-0.2, 0) is 11.3 Å². The summed E-state index contributed by atoms with van der Waals surface area (Å²) in [5.74, 6) is -0.471. The molecular weight excluding hydrogens is 402 g/mol. The van der Waals surface area contributed by atoms with Crippen molar-refractivity contribution in [1.82, 2.24) is 10.2 Å². The lowest BCUT2D eigenvalue weighted by molar-refractivity contribution is -0.385. The smallest absolute Gasteiger partial charge is 0.303 e. The standard InChI is InChI=1S/C18H14BrN3O4/c1-11-2-3-13(9-16(11)22(25)26)8-15-17(23)21(18(24)20-15)10-12-4-6-14(19)7-5-12/h2-9H,10H2,1H3,(H,20,24)/b15-8-. The third-order valence-corrected chi connectivity index (χ3v) is 4.49. The largest absolute Gasteiger partial charge is 0.329 e. The Kier molecular flexibility index (Phi) is 4.85. The summed E-state index contributed by atoms with van der Waals surface area (Å²) in [6, 6.07) is 11.4. The van der Waals surface area contributed by atoms with E-state index in [0.717, 1.165) is 14.9 Å². The molecule has 2 aromatic rings. The summed E-state index contributed by atoms with van der Waals surface area (Å²) in [6.45, 7) is 1.78. The Labute approximate surface area is 157 Å². The highest BCUT2D eigenvalue weighted by Crippen LogP contribution is 2.23. The van der Waals surface area contributed by atoms with E-state index in [1.54, 1.807) is 19.1 Å². The number of rotatable bonds is 4. The SMILES string of the molecule is Cc1ccc(/C=C2\NC(=O)N(Cc3ccc(Br)cc3)C2=O)cc1[N+](=O)[O-]. The summed E-state index contributed by atoms with van der Waals surface area (Å²) >= 11 is 3.33. The minimum atomic E-state index is -0.522. The summed E-state index contributed by atoms with van der Waals surface area (Å²) in [5, 5.41) is 13.6. The van der Waals surface area contributed by atoms with Gasteiger partial charge in [0.2, 0.25) is 0 Å². The number of hydrogen-bond acceptors (Lipinski definition) is 4. The minimum absolute atomic E-state index is 0.0390. The molecule has 7 nitrogen and oxygen atoms in total. The fourth-order valence-electron chi connectivity index (χ4n) is 2.57. The van der Waals surface area contributed by atoms with Gasteiger partial charge in [0.15, 0.2) is 0 Å². The van der Waals surface area contributed by atoms with E-state index in [1.807, 2.05) is 24.3 Å². The average molecular weight is 416 g/mol. The van der Waals surface area contributed by atoms with E-state index >= 15 is 0 Å². The van der Waals surface area contributed by atoms with Gasteiger partial charge >= 0.3 is 6.03 Å². The number of amides is 3. The Morgan fingerprint density at radius 3 is 2.54 bits per heavy atom. The summed E-state index contributed by atoms with van der Waals surface area (Å²) in [5.41, 5.74) is 1.85. The number of hydrogen-bond donors (Lipinski definition) is 1. The Morgan fingerprint density at radius 2 is 1.88 bits per heavy atom. The maximum absolute atomic E-state index is 12.5. The number of halogens is 1. The van der Waals surface area contributed by atoms with Gasteiger partial charge in [-0.3, -0.25) is 19.8 Å². The quantitative estimate of drug-likeness (QED) is 0.356. The average Bonchev–Trinajstić information content (AvgIpc) is 2.85. The molecule has 1 N–H and O–H groups in total. The zero-order valence-corrected chi connectivity index (χ0v) is 15.3. The Bertz CT molecular complexity index is 938. The van der Waals surface area contributed by atoms with E-state index in [1.165, 1.54) is 12.1 Å². The molecule has 1 fully saturated rings. The normalized spacial score (nSPS) is 15.5. The van der Waals surface area contributed by atoms with Gasteiger partial charge in [-0.2, -0.15) is 0 Å². The third kappa shape index (κ3) is 3.65. The zero-order chi connectivity index (χ0) is 18.8. The van der Waals surface area contributed by atoms with Gasteiger partial charge in [-0.25, -0.2) is 4.79 Å². The molecule has 1 aliphatic rings. The fourth-order valence-corrected chi connectivity index (χ4v) is 2.83. The van der Waals surface area contributed by atoms with Crippen LogP contribution < -0.4 is 5.32 Å². The fraction of sp³-hybridized carbons (Fsp3) is 0.111. The molecular formula is C18H14BrN3O4. The van der Waals surface area contributed by atoms with Gasteiger partial charge in [0, 0.05) is 16.1 Å². The van der Waals surface area contributed by atoms with Gasteiger partial charge in [0.1, 0.15) is 5.70 Å². The summed E-state index contributed by atoms with van der Waals surface area (Å²) in [6.07, 6.45) is 1.44. The van der Waals surface area contributed by atoms with Crippen LogP contribution >= 0.6 is 15.9 Å². The van der Waals surface area contributed by atoms with Crippen molar-refractivity contribution in [2.45, 2.75) is 13.5 Å². The van der Waals surface area contributed by atoms with Gasteiger partial charge in [-0.1, -0.05) is 40.2 Å². The van der Waals surface area contributed by atoms with E-state index in [0.29, 0.717) is 11.1 Å². The lowest BCUT2D eigenvalue weighted by Gasteiger charge is -2.11. The van der Waals surface area contributed by atoms with Crippen molar-refractivity contribution in [3.05, 3.63) is 79.4 Å². The molecule has 1 saturated heterocycles. The molecule has 0 aromatic heterocycles. The molecule has 0 bridgehead atoms. The molecule has 0 radical (unpaired) electrons. The molecule has 3 rings (SSSR count). The first-order valence-electron chi connectivity index (χ1n) is 7.69. The van der Waals surface area contributed by atoms with Crippen LogP contribution in [0.15, 0.2) is 52.6 Å². The summed E-state index contributed by atoms with van der Waals surface area (Å²) < 4.78 is 0.903. The number of nitrogens with one attached hydrogen (secondary N) is 1. The van der Waals surface area contributed by atoms with Crippen LogP contribution in [0.3, 0.4) is 0 Å². The van der Waals surface area contributed by atoms with E-state index in [9.17, 15) is 19.7 Å². The van der Waals surface area contributed by atoms with Crippen LogP contribution in [-0.4, -0.2) is 21.8 Å². The predicted octanol–water partition coefficient (Wildman–Crippen LogP) is 3.76. The molecule has 3 amide bonds. The third-order valence-electron chi connectivity index (χ3n) is 3.96. The first kappa shape index (κ1) is 17.8. The number of carbonyl (C=O) groups is 2. The highest BCUT2D eigenvalue weighted by Gasteiger charge is 2.33. The Morgan fingerprint density at radius 1 is 1.19 bits per heavy atom. The van der Waals surface area contributed by atoms with Crippen molar-refractivity contribution < 1.29 is 14.5 Å². The van der Waals surface area contributed by atoms with Crippen molar-refractivity contribution in [3.8, 4) is 0 Å². The molecule has 0 unspecified atom stereocenters. The number of nitrogens with zero attached hydrogens (tertiary/aromatic N) is 2. The molecule has 0 saturated carbocycles. The molecule has 132 valence electrons. The van der Waals surface area contributed by atoms with Crippen LogP contribution in [0.2, 0.25) is 0 Å². The van der Waals surface area contributed by atoms with Crippen LogP contribution in [0.25, 0.3) is 6.08 Å². The minimum Gasteiger partial charge on any atom is -0.303 e. The topological polar surface area (TPSA) is 92.6 Å². The number of benzene rings is 2. The number of urea groups is 1. The van der Waals surface area contributed by atoms with Crippen LogP contribution in [0, 0.1) is 17.0 Å². The Hall–Kier alpha value is -3.00. The second-order valence-corrected chi connectivity index (χ2v) is 6.72. The first-order chi connectivity index (χ1) is 12.3.